The Kier molecular flexibility index (Phi) is 1.95. The third-order valence-electron chi connectivity index (χ3n) is 1.83. The van der Waals surface area contributed by atoms with Gasteiger partial charge in [0, 0.05) is 12.4 Å². The van der Waals surface area contributed by atoms with Gasteiger partial charge in [-0.1, -0.05) is 0 Å². The number of aromatic nitrogens is 4. The van der Waals surface area contributed by atoms with Gasteiger partial charge in [-0.3, -0.25) is 4.57 Å². The lowest BCUT2D eigenvalue weighted by Crippen LogP contribution is -1.99. The van der Waals surface area contributed by atoms with Crippen molar-refractivity contribution in [2.45, 2.75) is 6.92 Å². The Labute approximate surface area is 80.7 Å². The van der Waals surface area contributed by atoms with Gasteiger partial charge in [0.2, 0.25) is 0 Å². The van der Waals surface area contributed by atoms with Crippen LogP contribution < -0.4 is 0 Å². The monoisotopic (exact) mass is 185 g/mol. The van der Waals surface area contributed by atoms with E-state index in [-0.39, 0.29) is 0 Å². The molecule has 2 aromatic rings. The molecule has 14 heavy (non-hydrogen) atoms. The summed E-state index contributed by atoms with van der Waals surface area (Å²) < 4.78 is 1.80. The van der Waals surface area contributed by atoms with E-state index < -0.39 is 0 Å². The lowest BCUT2D eigenvalue weighted by Gasteiger charge is -2.01. The van der Waals surface area contributed by atoms with E-state index in [2.05, 4.69) is 15.0 Å². The fourth-order valence-electron chi connectivity index (χ4n) is 1.12. The van der Waals surface area contributed by atoms with E-state index in [4.69, 9.17) is 5.26 Å². The SMILES string of the molecule is Cc1nccn1-c1cnc(C#N)cn1. The second kappa shape index (κ2) is 3.26. The molecule has 2 aromatic heterocycles. The lowest BCUT2D eigenvalue weighted by molar-refractivity contribution is 0.915. The smallest absolute Gasteiger partial charge is 0.158 e. The normalized spacial score (nSPS) is 9.71. The maximum atomic E-state index is 8.54. The third kappa shape index (κ3) is 1.33. The largest absolute Gasteiger partial charge is 0.287 e. The number of rotatable bonds is 1. The van der Waals surface area contributed by atoms with Crippen LogP contribution in [0, 0.1) is 18.3 Å². The van der Waals surface area contributed by atoms with Gasteiger partial charge in [-0.15, -0.1) is 0 Å². The van der Waals surface area contributed by atoms with Gasteiger partial charge in [0.25, 0.3) is 0 Å². The van der Waals surface area contributed by atoms with Gasteiger partial charge in [0.05, 0.1) is 12.4 Å². The van der Waals surface area contributed by atoms with Gasteiger partial charge in [0.1, 0.15) is 11.9 Å². The zero-order valence-electron chi connectivity index (χ0n) is 7.55. The van der Waals surface area contributed by atoms with Gasteiger partial charge in [0.15, 0.2) is 11.5 Å². The minimum absolute atomic E-state index is 0.312. The Morgan fingerprint density at radius 3 is 2.64 bits per heavy atom. The number of nitriles is 1. The van der Waals surface area contributed by atoms with Crippen molar-refractivity contribution < 1.29 is 0 Å². The predicted octanol–water partition coefficient (Wildman–Crippen LogP) is 0.842. The average molecular weight is 185 g/mol. The molecule has 0 aliphatic carbocycles. The molecule has 0 aromatic carbocycles. The molecule has 0 saturated carbocycles. The molecule has 0 aliphatic rings. The zero-order valence-corrected chi connectivity index (χ0v) is 7.55. The van der Waals surface area contributed by atoms with Gasteiger partial charge < -0.3 is 0 Å². The number of nitrogens with zero attached hydrogens (tertiary/aromatic N) is 5. The zero-order chi connectivity index (χ0) is 9.97. The second-order valence-corrected chi connectivity index (χ2v) is 2.72. The molecular weight excluding hydrogens is 178 g/mol. The summed E-state index contributed by atoms with van der Waals surface area (Å²) in [6.45, 7) is 1.87. The molecule has 0 unspecified atom stereocenters. The van der Waals surface area contributed by atoms with Crippen molar-refractivity contribution in [1.29, 1.82) is 5.26 Å². The number of imidazole rings is 1. The Morgan fingerprint density at radius 2 is 2.14 bits per heavy atom. The first-order valence-corrected chi connectivity index (χ1v) is 4.04. The molecule has 0 amide bonds. The molecule has 5 heteroatoms. The summed E-state index contributed by atoms with van der Waals surface area (Å²) in [6.07, 6.45) is 6.47. The van der Waals surface area contributed by atoms with E-state index >= 15 is 0 Å². The Morgan fingerprint density at radius 1 is 1.29 bits per heavy atom. The molecule has 0 radical (unpaired) electrons. The molecular formula is C9H7N5. The van der Waals surface area contributed by atoms with Crippen molar-refractivity contribution in [2.75, 3.05) is 0 Å². The van der Waals surface area contributed by atoms with Crippen LogP contribution in [0.25, 0.3) is 5.82 Å². The van der Waals surface area contributed by atoms with Crippen LogP contribution in [0.15, 0.2) is 24.8 Å². The number of hydrogen-bond donors (Lipinski definition) is 0. The first-order chi connectivity index (χ1) is 6.81. The van der Waals surface area contributed by atoms with Crippen molar-refractivity contribution in [1.82, 2.24) is 19.5 Å². The van der Waals surface area contributed by atoms with Crippen LogP contribution in [0.3, 0.4) is 0 Å². The quantitative estimate of drug-likeness (QED) is 0.660. The Hall–Kier alpha value is -2.22. The summed E-state index contributed by atoms with van der Waals surface area (Å²) in [5.41, 5.74) is 0.312. The summed E-state index contributed by atoms with van der Waals surface area (Å²) in [4.78, 5) is 12.1. The minimum atomic E-state index is 0.312. The van der Waals surface area contributed by atoms with Crippen molar-refractivity contribution >= 4 is 0 Å². The van der Waals surface area contributed by atoms with E-state index in [0.717, 1.165) is 5.82 Å². The maximum absolute atomic E-state index is 8.54. The number of aryl methyl sites for hydroxylation is 1. The predicted molar refractivity (Wildman–Crippen MR) is 48.6 cm³/mol. The van der Waals surface area contributed by atoms with Gasteiger partial charge in [-0.05, 0) is 6.92 Å². The molecule has 0 fully saturated rings. The molecule has 0 atom stereocenters. The van der Waals surface area contributed by atoms with E-state index in [1.54, 1.807) is 23.2 Å². The fraction of sp³-hybridized carbons (Fsp3) is 0.111. The molecule has 0 N–H and O–H groups in total. The van der Waals surface area contributed by atoms with Crippen molar-refractivity contribution in [3.8, 4) is 11.9 Å². The van der Waals surface area contributed by atoms with Gasteiger partial charge in [-0.25, -0.2) is 15.0 Å². The third-order valence-corrected chi connectivity index (χ3v) is 1.83. The second-order valence-electron chi connectivity index (χ2n) is 2.72. The van der Waals surface area contributed by atoms with Crippen LogP contribution in [0.5, 0.6) is 0 Å². The van der Waals surface area contributed by atoms with Crippen molar-refractivity contribution in [3.05, 3.63) is 36.3 Å². The maximum Gasteiger partial charge on any atom is 0.158 e. The Balaban J connectivity index is 2.45. The number of hydrogen-bond acceptors (Lipinski definition) is 4. The van der Waals surface area contributed by atoms with E-state index in [1.807, 2.05) is 13.0 Å². The van der Waals surface area contributed by atoms with Crippen LogP contribution >= 0.6 is 0 Å². The summed E-state index contributed by atoms with van der Waals surface area (Å²) >= 11 is 0. The molecule has 2 rings (SSSR count). The van der Waals surface area contributed by atoms with Crippen LogP contribution in [-0.4, -0.2) is 19.5 Å². The highest BCUT2D eigenvalue weighted by Crippen LogP contribution is 2.05. The molecule has 68 valence electrons. The van der Waals surface area contributed by atoms with E-state index in [1.165, 1.54) is 6.20 Å². The first-order valence-electron chi connectivity index (χ1n) is 4.04. The summed E-state index contributed by atoms with van der Waals surface area (Å²) in [5.74, 6) is 1.50. The van der Waals surface area contributed by atoms with Crippen molar-refractivity contribution in [2.24, 2.45) is 0 Å². The van der Waals surface area contributed by atoms with Crippen molar-refractivity contribution in [3.63, 3.8) is 0 Å². The van der Waals surface area contributed by atoms with Gasteiger partial charge in [-0.2, -0.15) is 5.26 Å². The molecule has 0 saturated heterocycles. The Bertz CT molecular complexity index is 477. The molecule has 2 heterocycles. The highest BCUT2D eigenvalue weighted by Gasteiger charge is 2.01. The van der Waals surface area contributed by atoms with Crippen LogP contribution in [-0.2, 0) is 0 Å². The molecule has 0 bridgehead atoms. The summed E-state index contributed by atoms with van der Waals surface area (Å²) in [6, 6.07) is 1.92. The first kappa shape index (κ1) is 8.38. The van der Waals surface area contributed by atoms with Crippen LogP contribution in [0.4, 0.5) is 0 Å². The minimum Gasteiger partial charge on any atom is -0.287 e. The fourth-order valence-corrected chi connectivity index (χ4v) is 1.12. The summed E-state index contributed by atoms with van der Waals surface area (Å²) in [7, 11) is 0. The summed E-state index contributed by atoms with van der Waals surface area (Å²) in [5, 5.41) is 8.54. The molecule has 0 spiro atoms. The van der Waals surface area contributed by atoms with E-state index in [9.17, 15) is 0 Å². The topological polar surface area (TPSA) is 67.4 Å². The van der Waals surface area contributed by atoms with Crippen LogP contribution in [0.1, 0.15) is 11.5 Å². The van der Waals surface area contributed by atoms with Crippen LogP contribution in [0.2, 0.25) is 0 Å². The van der Waals surface area contributed by atoms with E-state index in [0.29, 0.717) is 11.5 Å². The lowest BCUT2D eigenvalue weighted by atomic mass is 10.5. The standard InChI is InChI=1S/C9H7N5/c1-7-11-2-3-14(7)9-6-12-8(4-10)5-13-9/h2-3,5-6H,1H3. The highest BCUT2D eigenvalue weighted by molar-refractivity contribution is 5.25. The highest BCUT2D eigenvalue weighted by atomic mass is 15.1. The van der Waals surface area contributed by atoms with Gasteiger partial charge >= 0.3 is 0 Å². The molecule has 0 aliphatic heterocycles. The molecule has 5 nitrogen and oxygen atoms in total. The average Bonchev–Trinajstić information content (AvgIpc) is 2.65.